The van der Waals surface area contributed by atoms with Crippen LogP contribution in [0.5, 0.6) is 11.5 Å². The number of aromatic nitrogens is 1. The smallest absolute Gasteiger partial charge is 0.326 e. The second-order valence-electron chi connectivity index (χ2n) is 9.90. The number of benzene rings is 2. The van der Waals surface area contributed by atoms with Crippen molar-refractivity contribution in [3.05, 3.63) is 77.5 Å². The molecule has 0 radical (unpaired) electrons. The highest BCUT2D eigenvalue weighted by Gasteiger charge is 2.28. The van der Waals surface area contributed by atoms with Gasteiger partial charge in [0, 0.05) is 12.1 Å². The summed E-state index contributed by atoms with van der Waals surface area (Å²) in [5, 5.41) is 24.7. The molecule has 0 saturated carbocycles. The van der Waals surface area contributed by atoms with Crippen LogP contribution in [-0.4, -0.2) is 46.4 Å². The average Bonchev–Trinajstić information content (AvgIpc) is 3.32. The van der Waals surface area contributed by atoms with Crippen molar-refractivity contribution in [2.45, 2.75) is 52.1 Å². The Kier molecular flexibility index (Phi) is 10.8. The highest BCUT2D eigenvalue weighted by molar-refractivity contribution is 5.96. The van der Waals surface area contributed by atoms with Crippen molar-refractivity contribution in [2.75, 3.05) is 6.54 Å². The fraction of sp³-hybridized carbons (Fsp3) is 0.345. The largest absolute Gasteiger partial charge is 0.480 e. The van der Waals surface area contributed by atoms with Gasteiger partial charge >= 0.3 is 5.97 Å². The molecule has 12 nitrogen and oxygen atoms in total. The van der Waals surface area contributed by atoms with Crippen molar-refractivity contribution in [1.82, 2.24) is 20.9 Å². The summed E-state index contributed by atoms with van der Waals surface area (Å²) in [6, 6.07) is 14.2. The van der Waals surface area contributed by atoms with Crippen LogP contribution >= 0.6 is 0 Å². The number of carboxylic acid groups (broad SMARTS) is 1. The van der Waals surface area contributed by atoms with E-state index in [9.17, 15) is 19.5 Å². The van der Waals surface area contributed by atoms with E-state index in [4.69, 9.17) is 20.3 Å². The summed E-state index contributed by atoms with van der Waals surface area (Å²) in [5.74, 6) is -0.702. The minimum absolute atomic E-state index is 0.0569. The summed E-state index contributed by atoms with van der Waals surface area (Å²) in [5.41, 5.74) is 5.58. The van der Waals surface area contributed by atoms with E-state index >= 15 is 0 Å². The molecule has 41 heavy (non-hydrogen) atoms. The van der Waals surface area contributed by atoms with E-state index < -0.39 is 24.0 Å². The van der Waals surface area contributed by atoms with Crippen LogP contribution in [0, 0.1) is 18.3 Å². The Morgan fingerprint density at radius 3 is 2.29 bits per heavy atom. The van der Waals surface area contributed by atoms with Gasteiger partial charge in [-0.15, -0.1) is 0 Å². The summed E-state index contributed by atoms with van der Waals surface area (Å²) in [7, 11) is 0. The van der Waals surface area contributed by atoms with Crippen molar-refractivity contribution in [1.29, 1.82) is 5.41 Å². The lowest BCUT2D eigenvalue weighted by molar-refractivity contribution is -0.139. The van der Waals surface area contributed by atoms with Crippen molar-refractivity contribution in [2.24, 2.45) is 11.7 Å². The molecule has 3 rings (SSSR count). The second kappa shape index (κ2) is 14.5. The number of nitrogens with zero attached hydrogens (tertiary/aromatic N) is 1. The molecule has 2 atom stereocenters. The van der Waals surface area contributed by atoms with E-state index in [1.807, 2.05) is 44.2 Å². The number of ether oxygens (including phenoxy) is 1. The van der Waals surface area contributed by atoms with E-state index in [0.717, 1.165) is 0 Å². The minimum Gasteiger partial charge on any atom is -0.480 e. The Balaban J connectivity index is 1.69. The Morgan fingerprint density at radius 2 is 1.68 bits per heavy atom. The number of carboxylic acids is 1. The van der Waals surface area contributed by atoms with Crippen LogP contribution in [0.4, 0.5) is 0 Å². The van der Waals surface area contributed by atoms with Gasteiger partial charge in [0.05, 0.1) is 0 Å². The van der Waals surface area contributed by atoms with E-state index in [0.29, 0.717) is 36.4 Å². The first kappa shape index (κ1) is 30.7. The summed E-state index contributed by atoms with van der Waals surface area (Å²) in [4.78, 5) is 42.0. The maximum atomic E-state index is 13.1. The molecule has 12 heteroatoms. The zero-order chi connectivity index (χ0) is 29.9. The molecule has 0 bridgehead atoms. The van der Waals surface area contributed by atoms with Crippen molar-refractivity contribution < 1.29 is 28.6 Å². The molecule has 0 aliphatic heterocycles. The highest BCUT2D eigenvalue weighted by atomic mass is 16.5. The molecule has 2 aromatic carbocycles. The van der Waals surface area contributed by atoms with Gasteiger partial charge in [-0.25, -0.2) is 9.78 Å². The number of carbonyl (C=O) groups excluding carboxylic acids is 2. The number of hydrogen-bond acceptors (Lipinski definition) is 7. The van der Waals surface area contributed by atoms with Crippen LogP contribution < -0.4 is 26.4 Å². The summed E-state index contributed by atoms with van der Waals surface area (Å²) in [6.07, 6.45) is 0.969. The van der Waals surface area contributed by atoms with Gasteiger partial charge in [-0.2, -0.15) is 0 Å². The van der Waals surface area contributed by atoms with Gasteiger partial charge in [0.1, 0.15) is 29.3 Å². The molecule has 1 aromatic heterocycles. The molecule has 0 unspecified atom stereocenters. The van der Waals surface area contributed by atoms with Gasteiger partial charge in [-0.1, -0.05) is 32.0 Å². The first-order chi connectivity index (χ1) is 19.5. The molecule has 3 aromatic rings. The number of hydrogen-bond donors (Lipinski definition) is 6. The third kappa shape index (κ3) is 9.38. The van der Waals surface area contributed by atoms with Crippen molar-refractivity contribution in [3.8, 4) is 11.5 Å². The molecule has 7 N–H and O–H groups in total. The number of rotatable bonds is 14. The van der Waals surface area contributed by atoms with Crippen LogP contribution in [0.25, 0.3) is 0 Å². The fourth-order valence-corrected chi connectivity index (χ4v) is 4.02. The van der Waals surface area contributed by atoms with Gasteiger partial charge in [-0.05, 0) is 68.5 Å². The Morgan fingerprint density at radius 1 is 1.02 bits per heavy atom. The number of aryl methyl sites for hydroxylation is 1. The first-order valence-corrected chi connectivity index (χ1v) is 13.3. The lowest BCUT2D eigenvalue weighted by Gasteiger charge is -2.18. The molecule has 0 saturated heterocycles. The number of amides is 2. The number of oxazole rings is 1. The van der Waals surface area contributed by atoms with Crippen LogP contribution in [0.1, 0.15) is 71.6 Å². The van der Waals surface area contributed by atoms with Crippen molar-refractivity contribution in [3.63, 3.8) is 0 Å². The zero-order valence-corrected chi connectivity index (χ0v) is 23.3. The average molecular weight is 565 g/mol. The Labute approximate surface area is 238 Å². The summed E-state index contributed by atoms with van der Waals surface area (Å²) >= 11 is 0. The molecule has 0 spiro atoms. The van der Waals surface area contributed by atoms with Gasteiger partial charge < -0.3 is 35.9 Å². The molecule has 0 aliphatic carbocycles. The number of nitrogens with one attached hydrogen (secondary N) is 4. The van der Waals surface area contributed by atoms with Crippen LogP contribution in [-0.2, 0) is 4.79 Å². The normalized spacial score (nSPS) is 12.3. The zero-order valence-electron chi connectivity index (χ0n) is 23.3. The monoisotopic (exact) mass is 564 g/mol. The molecule has 0 fully saturated rings. The number of nitrogens with two attached hydrogens (primary N) is 1. The highest BCUT2D eigenvalue weighted by Crippen LogP contribution is 2.25. The fourth-order valence-electron chi connectivity index (χ4n) is 4.02. The molecule has 1 heterocycles. The molecule has 218 valence electrons. The lowest BCUT2D eigenvalue weighted by Crippen LogP contribution is -2.42. The third-order valence-corrected chi connectivity index (χ3v) is 6.02. The van der Waals surface area contributed by atoms with Gasteiger partial charge in [0.15, 0.2) is 11.7 Å². The second-order valence-corrected chi connectivity index (χ2v) is 9.90. The van der Waals surface area contributed by atoms with E-state index in [-0.39, 0.29) is 41.6 Å². The van der Waals surface area contributed by atoms with E-state index in [1.165, 1.54) is 0 Å². The number of para-hydroxylation sites is 1. The quantitative estimate of drug-likeness (QED) is 0.0961. The molecular weight excluding hydrogens is 528 g/mol. The predicted molar refractivity (Wildman–Crippen MR) is 152 cm³/mol. The number of carbonyl (C=O) groups is 3. The summed E-state index contributed by atoms with van der Waals surface area (Å²) < 4.78 is 11.6. The Bertz CT molecular complexity index is 1340. The van der Waals surface area contributed by atoms with Crippen LogP contribution in [0.3, 0.4) is 0 Å². The van der Waals surface area contributed by atoms with Gasteiger partial charge in [0.25, 0.3) is 11.8 Å². The van der Waals surface area contributed by atoms with E-state index in [2.05, 4.69) is 20.9 Å². The molecular formula is C29H36N6O6. The Hall–Kier alpha value is -4.87. The number of aliphatic carboxylic acids is 1. The predicted octanol–water partition coefficient (Wildman–Crippen LogP) is 3.74. The van der Waals surface area contributed by atoms with Crippen molar-refractivity contribution >= 4 is 23.7 Å². The van der Waals surface area contributed by atoms with Crippen LogP contribution in [0.2, 0.25) is 0 Å². The van der Waals surface area contributed by atoms with E-state index in [1.54, 1.807) is 31.2 Å². The first-order valence-electron chi connectivity index (χ1n) is 13.3. The van der Waals surface area contributed by atoms with Crippen LogP contribution in [0.15, 0.2) is 59.0 Å². The maximum Gasteiger partial charge on any atom is 0.326 e. The topological polar surface area (TPSA) is 193 Å². The van der Waals surface area contributed by atoms with Gasteiger partial charge in [-0.3, -0.25) is 15.0 Å². The lowest BCUT2D eigenvalue weighted by atomic mass is 10.0. The molecule has 0 aliphatic rings. The number of guanidine groups is 1. The summed E-state index contributed by atoms with van der Waals surface area (Å²) in [6.45, 7) is 5.81. The minimum atomic E-state index is -1.20. The SMILES string of the molecule is Cc1oc([C@H](CC(C)C)NC(=O)c2ccc(Oc3ccccc3)cc2)nc1C(=O)N[C@@H](CCCNC(=N)N)C(=O)O. The molecule has 2 amide bonds. The maximum absolute atomic E-state index is 13.1. The van der Waals surface area contributed by atoms with Gasteiger partial charge in [0.2, 0.25) is 5.89 Å². The third-order valence-electron chi connectivity index (χ3n) is 6.02. The standard InChI is InChI=1S/C29H36N6O6/c1-17(2)16-23(34-25(36)19-11-13-21(14-12-19)41-20-8-5-4-6-9-20)27-35-24(18(3)40-27)26(37)33-22(28(38)39)10-7-15-32-29(30)31/h4-6,8-9,11-14,17,22-23H,7,10,15-16H2,1-3H3,(H,33,37)(H,34,36)(H,38,39)(H4,30,31,32)/t22-,23-/m0/s1.